The maximum atomic E-state index is 12.4. The minimum Gasteiger partial charge on any atom is -0.480 e. The molecule has 3 fully saturated rings. The van der Waals surface area contributed by atoms with Gasteiger partial charge in [-0.25, -0.2) is 9.59 Å². The van der Waals surface area contributed by atoms with Gasteiger partial charge in [-0.1, -0.05) is 0 Å². The molecule has 2 saturated heterocycles. The molecule has 112 valence electrons. The van der Waals surface area contributed by atoms with Crippen molar-refractivity contribution in [2.45, 2.75) is 37.5 Å². The SMILES string of the molecule is O=C(O)[C@H]1C[C@@H](O)CN1C(=O)N1CCN(C2CC2)CC1. The summed E-state index contributed by atoms with van der Waals surface area (Å²) in [6.07, 6.45) is 1.91. The molecule has 0 aromatic rings. The highest BCUT2D eigenvalue weighted by atomic mass is 16.4. The van der Waals surface area contributed by atoms with Gasteiger partial charge in [0, 0.05) is 45.2 Å². The molecule has 3 rings (SSSR count). The molecule has 0 aromatic heterocycles. The summed E-state index contributed by atoms with van der Waals surface area (Å²) in [7, 11) is 0. The molecule has 2 aliphatic heterocycles. The van der Waals surface area contributed by atoms with Gasteiger partial charge in [0.15, 0.2) is 0 Å². The lowest BCUT2D eigenvalue weighted by molar-refractivity contribution is -0.141. The highest BCUT2D eigenvalue weighted by Gasteiger charge is 2.41. The van der Waals surface area contributed by atoms with E-state index < -0.39 is 18.1 Å². The molecule has 7 heteroatoms. The Morgan fingerprint density at radius 3 is 2.25 bits per heavy atom. The van der Waals surface area contributed by atoms with E-state index in [4.69, 9.17) is 5.11 Å². The Morgan fingerprint density at radius 2 is 1.70 bits per heavy atom. The van der Waals surface area contributed by atoms with Crippen LogP contribution in [-0.2, 0) is 4.79 Å². The number of aliphatic carboxylic acids is 1. The van der Waals surface area contributed by atoms with Crippen molar-refractivity contribution in [1.29, 1.82) is 0 Å². The van der Waals surface area contributed by atoms with Gasteiger partial charge in [0.2, 0.25) is 0 Å². The fourth-order valence-corrected chi connectivity index (χ4v) is 3.16. The number of carbonyl (C=O) groups excluding carboxylic acids is 1. The van der Waals surface area contributed by atoms with Gasteiger partial charge >= 0.3 is 12.0 Å². The van der Waals surface area contributed by atoms with E-state index in [1.54, 1.807) is 4.90 Å². The van der Waals surface area contributed by atoms with E-state index in [0.29, 0.717) is 19.1 Å². The first kappa shape index (κ1) is 13.6. The Bertz CT molecular complexity index is 404. The summed E-state index contributed by atoms with van der Waals surface area (Å²) in [4.78, 5) is 29.0. The maximum Gasteiger partial charge on any atom is 0.326 e. The average Bonchev–Trinajstić information content (AvgIpc) is 3.20. The van der Waals surface area contributed by atoms with Crippen molar-refractivity contribution in [2.75, 3.05) is 32.7 Å². The monoisotopic (exact) mass is 283 g/mol. The molecule has 0 aromatic carbocycles. The third-order valence-electron chi connectivity index (χ3n) is 4.46. The van der Waals surface area contributed by atoms with E-state index >= 15 is 0 Å². The van der Waals surface area contributed by atoms with Crippen LogP contribution in [-0.4, -0.2) is 87.8 Å². The Labute approximate surface area is 117 Å². The lowest BCUT2D eigenvalue weighted by Gasteiger charge is -2.37. The first-order chi connectivity index (χ1) is 9.56. The number of amides is 2. The molecule has 1 saturated carbocycles. The van der Waals surface area contributed by atoms with Gasteiger partial charge in [0.05, 0.1) is 6.10 Å². The summed E-state index contributed by atoms with van der Waals surface area (Å²) in [5, 5.41) is 18.7. The van der Waals surface area contributed by atoms with Gasteiger partial charge in [0.25, 0.3) is 0 Å². The molecule has 2 N–H and O–H groups in total. The number of carboxylic acids is 1. The smallest absolute Gasteiger partial charge is 0.326 e. The highest BCUT2D eigenvalue weighted by molar-refractivity contribution is 5.83. The third-order valence-corrected chi connectivity index (χ3v) is 4.46. The Hall–Kier alpha value is -1.34. The number of urea groups is 1. The first-order valence-electron chi connectivity index (χ1n) is 7.26. The molecule has 1 aliphatic carbocycles. The van der Waals surface area contributed by atoms with Crippen molar-refractivity contribution in [2.24, 2.45) is 0 Å². The molecule has 0 unspecified atom stereocenters. The summed E-state index contributed by atoms with van der Waals surface area (Å²) in [5.41, 5.74) is 0. The molecule has 3 aliphatic rings. The zero-order valence-corrected chi connectivity index (χ0v) is 11.4. The van der Waals surface area contributed by atoms with E-state index in [9.17, 15) is 14.7 Å². The maximum absolute atomic E-state index is 12.4. The lowest BCUT2D eigenvalue weighted by Crippen LogP contribution is -2.55. The number of hydrogen-bond acceptors (Lipinski definition) is 4. The van der Waals surface area contributed by atoms with E-state index in [2.05, 4.69) is 4.90 Å². The van der Waals surface area contributed by atoms with Crippen LogP contribution in [0.1, 0.15) is 19.3 Å². The Morgan fingerprint density at radius 1 is 1.05 bits per heavy atom. The zero-order valence-electron chi connectivity index (χ0n) is 11.4. The van der Waals surface area contributed by atoms with Crippen LogP contribution < -0.4 is 0 Å². The molecular weight excluding hydrogens is 262 g/mol. The number of rotatable bonds is 2. The summed E-state index contributed by atoms with van der Waals surface area (Å²) in [6, 6.07) is -0.434. The molecule has 2 heterocycles. The zero-order chi connectivity index (χ0) is 14.3. The van der Waals surface area contributed by atoms with Crippen LogP contribution in [0.5, 0.6) is 0 Å². The van der Waals surface area contributed by atoms with Crippen molar-refractivity contribution in [3.05, 3.63) is 0 Å². The highest BCUT2D eigenvalue weighted by Crippen LogP contribution is 2.28. The summed E-state index contributed by atoms with van der Waals surface area (Å²) in [5.74, 6) is -1.04. The van der Waals surface area contributed by atoms with Crippen molar-refractivity contribution < 1.29 is 19.8 Å². The van der Waals surface area contributed by atoms with E-state index in [-0.39, 0.29) is 19.0 Å². The number of piperazine rings is 1. The Balaban J connectivity index is 1.59. The predicted molar refractivity (Wildman–Crippen MR) is 70.3 cm³/mol. The van der Waals surface area contributed by atoms with Gasteiger partial charge in [-0.05, 0) is 12.8 Å². The standard InChI is InChI=1S/C13H21N3O4/c17-10-7-11(12(18)19)16(8-10)13(20)15-5-3-14(4-6-15)9-1-2-9/h9-11,17H,1-8H2,(H,18,19)/t10-,11-/m1/s1. The molecule has 7 nitrogen and oxygen atoms in total. The van der Waals surface area contributed by atoms with Crippen LogP contribution in [0.2, 0.25) is 0 Å². The second kappa shape index (κ2) is 5.21. The third kappa shape index (κ3) is 2.60. The second-order valence-electron chi connectivity index (χ2n) is 5.93. The molecule has 0 radical (unpaired) electrons. The fraction of sp³-hybridized carbons (Fsp3) is 0.846. The predicted octanol–water partition coefficient (Wildman–Crippen LogP) is -0.594. The molecular formula is C13H21N3O4. The second-order valence-corrected chi connectivity index (χ2v) is 5.93. The molecule has 20 heavy (non-hydrogen) atoms. The molecule has 0 spiro atoms. The van der Waals surface area contributed by atoms with E-state index in [1.165, 1.54) is 17.7 Å². The van der Waals surface area contributed by atoms with Crippen LogP contribution >= 0.6 is 0 Å². The van der Waals surface area contributed by atoms with Gasteiger partial charge in [-0.15, -0.1) is 0 Å². The number of carbonyl (C=O) groups is 2. The van der Waals surface area contributed by atoms with E-state index in [0.717, 1.165) is 13.1 Å². The summed E-state index contributed by atoms with van der Waals surface area (Å²) >= 11 is 0. The van der Waals surface area contributed by atoms with Gasteiger partial charge in [-0.2, -0.15) is 0 Å². The van der Waals surface area contributed by atoms with Crippen LogP contribution in [0.15, 0.2) is 0 Å². The fourth-order valence-electron chi connectivity index (χ4n) is 3.16. The minimum atomic E-state index is -1.04. The van der Waals surface area contributed by atoms with Gasteiger partial charge < -0.3 is 20.0 Å². The van der Waals surface area contributed by atoms with Crippen LogP contribution in [0.4, 0.5) is 4.79 Å². The van der Waals surface area contributed by atoms with Gasteiger partial charge in [-0.3, -0.25) is 4.90 Å². The topological polar surface area (TPSA) is 84.3 Å². The van der Waals surface area contributed by atoms with Crippen molar-refractivity contribution in [3.8, 4) is 0 Å². The van der Waals surface area contributed by atoms with Gasteiger partial charge in [0.1, 0.15) is 6.04 Å². The number of aliphatic hydroxyl groups excluding tert-OH is 1. The normalized spacial score (nSPS) is 31.6. The summed E-state index contributed by atoms with van der Waals surface area (Å²) in [6.45, 7) is 3.15. The van der Waals surface area contributed by atoms with Crippen molar-refractivity contribution in [1.82, 2.24) is 14.7 Å². The quantitative estimate of drug-likeness (QED) is 0.707. The van der Waals surface area contributed by atoms with Crippen LogP contribution in [0, 0.1) is 0 Å². The summed E-state index contributed by atoms with van der Waals surface area (Å²) < 4.78 is 0. The van der Waals surface area contributed by atoms with Crippen LogP contribution in [0.25, 0.3) is 0 Å². The Kier molecular flexibility index (Phi) is 3.55. The first-order valence-corrected chi connectivity index (χ1v) is 7.26. The van der Waals surface area contributed by atoms with Crippen molar-refractivity contribution in [3.63, 3.8) is 0 Å². The molecule has 2 amide bonds. The molecule has 0 bridgehead atoms. The largest absolute Gasteiger partial charge is 0.480 e. The van der Waals surface area contributed by atoms with Crippen molar-refractivity contribution >= 4 is 12.0 Å². The van der Waals surface area contributed by atoms with E-state index in [1.807, 2.05) is 0 Å². The number of likely N-dealkylation sites (tertiary alicyclic amines) is 1. The lowest BCUT2D eigenvalue weighted by atomic mass is 10.2. The number of hydrogen-bond donors (Lipinski definition) is 2. The number of aliphatic hydroxyl groups is 1. The van der Waals surface area contributed by atoms with Crippen LogP contribution in [0.3, 0.4) is 0 Å². The number of carboxylic acid groups (broad SMARTS) is 1. The molecule has 2 atom stereocenters. The minimum absolute atomic E-state index is 0.124. The number of β-amino-alcohol motifs (C(OH)–C–C–N with tert-alkyl or cyclic N) is 1. The number of nitrogens with zero attached hydrogens (tertiary/aromatic N) is 3. The average molecular weight is 283 g/mol.